The van der Waals surface area contributed by atoms with Gasteiger partial charge in [-0.05, 0) is 31.4 Å². The molecule has 1 aliphatic heterocycles. The summed E-state index contributed by atoms with van der Waals surface area (Å²) in [5, 5.41) is 10.6. The van der Waals surface area contributed by atoms with Crippen LogP contribution in [0.1, 0.15) is 30.6 Å². The third-order valence-corrected chi connectivity index (χ3v) is 3.66. The van der Waals surface area contributed by atoms with Crippen molar-refractivity contribution in [1.29, 1.82) is 0 Å². The predicted molar refractivity (Wildman–Crippen MR) is 72.2 cm³/mol. The van der Waals surface area contributed by atoms with Gasteiger partial charge in [-0.2, -0.15) is 0 Å². The van der Waals surface area contributed by atoms with E-state index in [1.54, 1.807) is 0 Å². The minimum atomic E-state index is -0.460. The quantitative estimate of drug-likeness (QED) is 0.475. The van der Waals surface area contributed by atoms with Crippen molar-refractivity contribution in [2.24, 2.45) is 5.92 Å². The number of nitrogens with zero attached hydrogens (tertiary/aromatic N) is 2. The van der Waals surface area contributed by atoms with E-state index in [-0.39, 0.29) is 11.5 Å². The van der Waals surface area contributed by atoms with Crippen molar-refractivity contribution >= 4 is 11.5 Å². The lowest BCUT2D eigenvalue weighted by Gasteiger charge is -2.19. The van der Waals surface area contributed by atoms with E-state index in [4.69, 9.17) is 0 Å². The van der Waals surface area contributed by atoms with Gasteiger partial charge < -0.3 is 0 Å². The number of Topliss-reactive ketones (excluding diaryl/α,β-unsaturated/α-hetero) is 1. The molecule has 2 rings (SSSR count). The zero-order chi connectivity index (χ0) is 14.0. The number of ketones is 1. The van der Waals surface area contributed by atoms with Crippen molar-refractivity contribution < 1.29 is 9.72 Å². The molecule has 19 heavy (non-hydrogen) atoms. The molecular formula is C14H18N2O3. The number of hydrogen-bond acceptors (Lipinski definition) is 4. The Bertz CT molecular complexity index is 484. The molecule has 0 N–H and O–H groups in total. The standard InChI is InChI=1S/C14H18N2O3/c1-10-7-11(2)15(8-10)9-14(17)12-3-5-13(6-4-12)16(18)19/h3-6,10-11H,7-9H2,1-2H3. The van der Waals surface area contributed by atoms with Gasteiger partial charge in [0.1, 0.15) is 0 Å². The second kappa shape index (κ2) is 5.48. The van der Waals surface area contributed by atoms with Crippen molar-refractivity contribution in [3.63, 3.8) is 0 Å². The summed E-state index contributed by atoms with van der Waals surface area (Å²) < 4.78 is 0. The van der Waals surface area contributed by atoms with Crippen LogP contribution in [0.3, 0.4) is 0 Å². The van der Waals surface area contributed by atoms with Crippen molar-refractivity contribution in [3.8, 4) is 0 Å². The Hall–Kier alpha value is -1.75. The molecule has 2 unspecified atom stereocenters. The molecule has 0 amide bonds. The first-order chi connectivity index (χ1) is 8.97. The first kappa shape index (κ1) is 13.7. The van der Waals surface area contributed by atoms with Gasteiger partial charge in [-0.1, -0.05) is 6.92 Å². The number of benzene rings is 1. The first-order valence-corrected chi connectivity index (χ1v) is 6.49. The van der Waals surface area contributed by atoms with Gasteiger partial charge in [-0.25, -0.2) is 0 Å². The van der Waals surface area contributed by atoms with E-state index in [9.17, 15) is 14.9 Å². The summed E-state index contributed by atoms with van der Waals surface area (Å²) in [5.74, 6) is 0.649. The van der Waals surface area contributed by atoms with Crippen LogP contribution < -0.4 is 0 Å². The molecule has 5 heteroatoms. The third kappa shape index (κ3) is 3.17. The molecule has 0 bridgehead atoms. The van der Waals surface area contributed by atoms with Crippen molar-refractivity contribution in [2.75, 3.05) is 13.1 Å². The molecule has 0 aliphatic carbocycles. The van der Waals surface area contributed by atoms with Gasteiger partial charge in [0.2, 0.25) is 0 Å². The maximum atomic E-state index is 12.1. The summed E-state index contributed by atoms with van der Waals surface area (Å²) in [6.45, 7) is 5.66. The van der Waals surface area contributed by atoms with Gasteiger partial charge in [0.05, 0.1) is 11.5 Å². The molecule has 1 aromatic rings. The Balaban J connectivity index is 2.02. The molecule has 1 aliphatic rings. The third-order valence-electron chi connectivity index (χ3n) is 3.66. The summed E-state index contributed by atoms with van der Waals surface area (Å²) >= 11 is 0. The number of likely N-dealkylation sites (tertiary alicyclic amines) is 1. The Morgan fingerprint density at radius 1 is 1.37 bits per heavy atom. The van der Waals surface area contributed by atoms with Gasteiger partial charge >= 0.3 is 0 Å². The fraction of sp³-hybridized carbons (Fsp3) is 0.500. The molecule has 1 fully saturated rings. The topological polar surface area (TPSA) is 63.5 Å². The average Bonchev–Trinajstić information content (AvgIpc) is 2.68. The predicted octanol–water partition coefficient (Wildman–Crippen LogP) is 2.51. The highest BCUT2D eigenvalue weighted by Gasteiger charge is 2.27. The molecule has 0 saturated carbocycles. The molecule has 1 saturated heterocycles. The van der Waals surface area contributed by atoms with E-state index in [2.05, 4.69) is 18.7 Å². The summed E-state index contributed by atoms with van der Waals surface area (Å²) in [6, 6.07) is 6.25. The number of nitro groups is 1. The van der Waals surface area contributed by atoms with Crippen LogP contribution in [0.4, 0.5) is 5.69 Å². The first-order valence-electron chi connectivity index (χ1n) is 6.49. The molecular weight excluding hydrogens is 244 g/mol. The van der Waals surface area contributed by atoms with E-state index in [1.165, 1.54) is 24.3 Å². The van der Waals surface area contributed by atoms with Crippen LogP contribution >= 0.6 is 0 Å². The number of hydrogen-bond donors (Lipinski definition) is 0. The number of nitro benzene ring substituents is 1. The Morgan fingerprint density at radius 3 is 2.47 bits per heavy atom. The Morgan fingerprint density at radius 2 is 2.00 bits per heavy atom. The zero-order valence-electron chi connectivity index (χ0n) is 11.2. The SMILES string of the molecule is CC1CC(C)N(CC(=O)c2ccc([N+](=O)[O-])cc2)C1. The fourth-order valence-electron chi connectivity index (χ4n) is 2.65. The summed E-state index contributed by atoms with van der Waals surface area (Å²) in [7, 11) is 0. The molecule has 0 radical (unpaired) electrons. The lowest BCUT2D eigenvalue weighted by molar-refractivity contribution is -0.384. The molecule has 0 spiro atoms. The highest BCUT2D eigenvalue weighted by molar-refractivity contribution is 5.97. The smallest absolute Gasteiger partial charge is 0.269 e. The van der Waals surface area contributed by atoms with E-state index < -0.39 is 4.92 Å². The normalized spacial score (nSPS) is 23.5. The van der Waals surface area contributed by atoms with Crippen LogP contribution in [0.15, 0.2) is 24.3 Å². The van der Waals surface area contributed by atoms with Crippen molar-refractivity contribution in [2.45, 2.75) is 26.3 Å². The summed E-state index contributed by atoms with van der Waals surface area (Å²) in [5.41, 5.74) is 0.553. The van der Waals surface area contributed by atoms with Crippen LogP contribution in [-0.2, 0) is 0 Å². The molecule has 102 valence electrons. The van der Waals surface area contributed by atoms with E-state index in [1.807, 2.05) is 0 Å². The van der Waals surface area contributed by atoms with Crippen LogP contribution in [0, 0.1) is 16.0 Å². The molecule has 1 aromatic carbocycles. The monoisotopic (exact) mass is 262 g/mol. The summed E-state index contributed by atoms with van der Waals surface area (Å²) in [6.07, 6.45) is 1.12. The van der Waals surface area contributed by atoms with Crippen LogP contribution in [0.25, 0.3) is 0 Å². The Labute approximate surface area is 112 Å². The molecule has 0 aromatic heterocycles. The number of non-ortho nitro benzene ring substituents is 1. The van der Waals surface area contributed by atoms with Crippen molar-refractivity contribution in [1.82, 2.24) is 4.90 Å². The minimum Gasteiger partial charge on any atom is -0.293 e. The van der Waals surface area contributed by atoms with Gasteiger partial charge in [-0.3, -0.25) is 19.8 Å². The maximum absolute atomic E-state index is 12.1. The van der Waals surface area contributed by atoms with E-state index >= 15 is 0 Å². The molecule has 1 heterocycles. The second-order valence-electron chi connectivity index (χ2n) is 5.35. The van der Waals surface area contributed by atoms with Crippen molar-refractivity contribution in [3.05, 3.63) is 39.9 Å². The van der Waals surface area contributed by atoms with Gasteiger partial charge in [0.15, 0.2) is 5.78 Å². The fourth-order valence-corrected chi connectivity index (χ4v) is 2.65. The summed E-state index contributed by atoms with van der Waals surface area (Å²) in [4.78, 5) is 24.4. The van der Waals surface area contributed by atoms with Crippen LogP contribution in [0.2, 0.25) is 0 Å². The Kier molecular flexibility index (Phi) is 3.95. The van der Waals surface area contributed by atoms with Crippen LogP contribution in [0.5, 0.6) is 0 Å². The molecule has 5 nitrogen and oxygen atoms in total. The van der Waals surface area contributed by atoms with Gasteiger partial charge in [0.25, 0.3) is 5.69 Å². The van der Waals surface area contributed by atoms with Gasteiger partial charge in [0, 0.05) is 30.3 Å². The number of carbonyl (C=O) groups is 1. The zero-order valence-corrected chi connectivity index (χ0v) is 11.2. The largest absolute Gasteiger partial charge is 0.293 e. The highest BCUT2D eigenvalue weighted by Crippen LogP contribution is 2.22. The minimum absolute atomic E-state index is 0.0136. The second-order valence-corrected chi connectivity index (χ2v) is 5.35. The average molecular weight is 262 g/mol. The highest BCUT2D eigenvalue weighted by atomic mass is 16.6. The maximum Gasteiger partial charge on any atom is 0.269 e. The van der Waals surface area contributed by atoms with E-state index in [0.29, 0.717) is 24.1 Å². The lowest BCUT2D eigenvalue weighted by atomic mass is 10.1. The molecule has 2 atom stereocenters. The number of carbonyl (C=O) groups excluding carboxylic acids is 1. The van der Waals surface area contributed by atoms with Crippen LogP contribution in [-0.4, -0.2) is 34.7 Å². The van der Waals surface area contributed by atoms with Gasteiger partial charge in [-0.15, -0.1) is 0 Å². The number of rotatable bonds is 4. The lowest BCUT2D eigenvalue weighted by Crippen LogP contribution is -2.32. The van der Waals surface area contributed by atoms with E-state index in [0.717, 1.165) is 13.0 Å².